The third-order valence-electron chi connectivity index (χ3n) is 4.01. The molecule has 2 aliphatic rings. The van der Waals surface area contributed by atoms with E-state index in [4.69, 9.17) is 5.73 Å². The van der Waals surface area contributed by atoms with Crippen LogP contribution in [0.15, 0.2) is 0 Å². The summed E-state index contributed by atoms with van der Waals surface area (Å²) in [4.78, 5) is 14.1. The molecule has 2 atom stereocenters. The standard InChI is InChI=1S/C12H23N3O3S/c1-19(17,18)14-11-4-6-15(7-5-11)12(16)9-2-3-10(13)8-9/h9-11,14H,2-8,13H2,1H3. The molecule has 2 fully saturated rings. The van der Waals surface area contributed by atoms with Crippen molar-refractivity contribution in [2.45, 2.75) is 44.2 Å². The second-order valence-electron chi connectivity index (χ2n) is 5.76. The lowest BCUT2D eigenvalue weighted by Gasteiger charge is -2.33. The number of carbonyl (C=O) groups is 1. The first-order valence-electron chi connectivity index (χ1n) is 6.87. The van der Waals surface area contributed by atoms with E-state index in [-0.39, 0.29) is 23.9 Å². The van der Waals surface area contributed by atoms with Gasteiger partial charge in [0.25, 0.3) is 0 Å². The Kier molecular flexibility index (Phi) is 4.47. The molecule has 1 saturated carbocycles. The monoisotopic (exact) mass is 289 g/mol. The van der Waals surface area contributed by atoms with Crippen LogP contribution in [0.4, 0.5) is 0 Å². The van der Waals surface area contributed by atoms with E-state index in [1.807, 2.05) is 4.90 Å². The first-order chi connectivity index (χ1) is 8.85. The molecule has 7 heteroatoms. The molecule has 6 nitrogen and oxygen atoms in total. The molecule has 0 aromatic carbocycles. The van der Waals surface area contributed by atoms with Crippen LogP contribution < -0.4 is 10.5 Å². The highest BCUT2D eigenvalue weighted by Gasteiger charge is 2.33. The number of likely N-dealkylation sites (tertiary alicyclic amines) is 1. The average Bonchev–Trinajstić information content (AvgIpc) is 2.74. The Balaban J connectivity index is 1.81. The van der Waals surface area contributed by atoms with E-state index in [2.05, 4.69) is 4.72 Å². The first-order valence-corrected chi connectivity index (χ1v) is 8.76. The van der Waals surface area contributed by atoms with Crippen LogP contribution in [-0.2, 0) is 14.8 Å². The number of nitrogens with zero attached hydrogens (tertiary/aromatic N) is 1. The second-order valence-corrected chi connectivity index (χ2v) is 7.54. The summed E-state index contributed by atoms with van der Waals surface area (Å²) in [5, 5.41) is 0. The van der Waals surface area contributed by atoms with Crippen molar-refractivity contribution >= 4 is 15.9 Å². The highest BCUT2D eigenvalue weighted by molar-refractivity contribution is 7.88. The van der Waals surface area contributed by atoms with E-state index in [0.29, 0.717) is 25.9 Å². The summed E-state index contributed by atoms with van der Waals surface area (Å²) in [5.41, 5.74) is 5.84. The number of hydrogen-bond acceptors (Lipinski definition) is 4. The van der Waals surface area contributed by atoms with Gasteiger partial charge < -0.3 is 10.6 Å². The van der Waals surface area contributed by atoms with Gasteiger partial charge in [-0.1, -0.05) is 0 Å². The van der Waals surface area contributed by atoms with Crippen molar-refractivity contribution < 1.29 is 13.2 Å². The fraction of sp³-hybridized carbons (Fsp3) is 0.917. The zero-order valence-corrected chi connectivity index (χ0v) is 12.2. The van der Waals surface area contributed by atoms with Crippen molar-refractivity contribution in [2.75, 3.05) is 19.3 Å². The molecule has 1 heterocycles. The Hall–Kier alpha value is -0.660. The van der Waals surface area contributed by atoms with E-state index < -0.39 is 10.0 Å². The molecule has 0 bridgehead atoms. The van der Waals surface area contributed by atoms with Gasteiger partial charge in [0.1, 0.15) is 0 Å². The van der Waals surface area contributed by atoms with Crippen LogP contribution in [0.2, 0.25) is 0 Å². The maximum Gasteiger partial charge on any atom is 0.225 e. The van der Waals surface area contributed by atoms with E-state index in [0.717, 1.165) is 19.3 Å². The van der Waals surface area contributed by atoms with Crippen molar-refractivity contribution in [3.63, 3.8) is 0 Å². The number of hydrogen-bond donors (Lipinski definition) is 2. The van der Waals surface area contributed by atoms with Gasteiger partial charge in [0.15, 0.2) is 0 Å². The molecule has 0 aromatic rings. The van der Waals surface area contributed by atoms with Gasteiger partial charge in [-0.15, -0.1) is 0 Å². The highest BCUT2D eigenvalue weighted by Crippen LogP contribution is 2.27. The van der Waals surface area contributed by atoms with E-state index in [1.54, 1.807) is 0 Å². The van der Waals surface area contributed by atoms with Crippen molar-refractivity contribution in [1.82, 2.24) is 9.62 Å². The lowest BCUT2D eigenvalue weighted by molar-refractivity contribution is -0.136. The summed E-state index contributed by atoms with van der Waals surface area (Å²) in [6.45, 7) is 1.27. The van der Waals surface area contributed by atoms with Crippen LogP contribution in [0.25, 0.3) is 0 Å². The minimum atomic E-state index is -3.15. The maximum absolute atomic E-state index is 12.3. The molecule has 2 unspecified atom stereocenters. The van der Waals surface area contributed by atoms with Gasteiger partial charge in [0.2, 0.25) is 15.9 Å². The molecule has 0 radical (unpaired) electrons. The molecule has 0 spiro atoms. The van der Waals surface area contributed by atoms with Crippen molar-refractivity contribution in [1.29, 1.82) is 0 Å². The number of amides is 1. The lowest BCUT2D eigenvalue weighted by Crippen LogP contribution is -2.47. The summed E-state index contributed by atoms with van der Waals surface area (Å²) in [5.74, 6) is 0.278. The fourth-order valence-electron chi connectivity index (χ4n) is 3.02. The summed E-state index contributed by atoms with van der Waals surface area (Å²) in [6, 6.07) is 0.128. The summed E-state index contributed by atoms with van der Waals surface area (Å²) in [7, 11) is -3.15. The van der Waals surface area contributed by atoms with Gasteiger partial charge in [-0.05, 0) is 32.1 Å². The molecule has 3 N–H and O–H groups in total. The topological polar surface area (TPSA) is 92.5 Å². The van der Waals surface area contributed by atoms with Crippen molar-refractivity contribution in [2.24, 2.45) is 11.7 Å². The molecular weight excluding hydrogens is 266 g/mol. The highest BCUT2D eigenvalue weighted by atomic mass is 32.2. The molecule has 1 aliphatic heterocycles. The Labute approximate surface area is 114 Å². The minimum absolute atomic E-state index is 0.0371. The summed E-state index contributed by atoms with van der Waals surface area (Å²) in [6.07, 6.45) is 5.17. The molecule has 1 amide bonds. The summed E-state index contributed by atoms with van der Waals surface area (Å²) < 4.78 is 24.9. The Morgan fingerprint density at radius 3 is 2.32 bits per heavy atom. The molecule has 2 rings (SSSR count). The number of piperidine rings is 1. The Bertz CT molecular complexity index is 430. The van der Waals surface area contributed by atoms with Gasteiger partial charge in [-0.2, -0.15) is 0 Å². The Morgan fingerprint density at radius 2 is 1.84 bits per heavy atom. The lowest BCUT2D eigenvalue weighted by atomic mass is 10.0. The SMILES string of the molecule is CS(=O)(=O)NC1CCN(C(=O)C2CCC(N)C2)CC1. The maximum atomic E-state index is 12.3. The zero-order chi connectivity index (χ0) is 14.0. The van der Waals surface area contributed by atoms with Gasteiger partial charge in [0, 0.05) is 31.1 Å². The van der Waals surface area contributed by atoms with E-state index in [1.165, 1.54) is 6.26 Å². The second kappa shape index (κ2) is 5.76. The molecule has 110 valence electrons. The summed E-state index contributed by atoms with van der Waals surface area (Å²) >= 11 is 0. The van der Waals surface area contributed by atoms with Gasteiger partial charge >= 0.3 is 0 Å². The number of carbonyl (C=O) groups excluding carboxylic acids is 1. The zero-order valence-electron chi connectivity index (χ0n) is 11.3. The van der Waals surface area contributed by atoms with E-state index >= 15 is 0 Å². The number of nitrogens with one attached hydrogen (secondary N) is 1. The quantitative estimate of drug-likeness (QED) is 0.743. The largest absolute Gasteiger partial charge is 0.342 e. The van der Waals surface area contributed by atoms with Crippen LogP contribution >= 0.6 is 0 Å². The van der Waals surface area contributed by atoms with Crippen LogP contribution in [0.1, 0.15) is 32.1 Å². The number of sulfonamides is 1. The van der Waals surface area contributed by atoms with Crippen LogP contribution in [-0.4, -0.2) is 50.7 Å². The van der Waals surface area contributed by atoms with Crippen molar-refractivity contribution in [3.8, 4) is 0 Å². The first kappa shape index (κ1) is 14.7. The van der Waals surface area contributed by atoms with Crippen LogP contribution in [0.3, 0.4) is 0 Å². The minimum Gasteiger partial charge on any atom is -0.342 e. The van der Waals surface area contributed by atoms with Crippen molar-refractivity contribution in [3.05, 3.63) is 0 Å². The molecule has 1 aliphatic carbocycles. The van der Waals surface area contributed by atoms with Gasteiger partial charge in [0.05, 0.1) is 6.26 Å². The molecule has 1 saturated heterocycles. The van der Waals surface area contributed by atoms with Gasteiger partial charge in [-0.25, -0.2) is 13.1 Å². The molecule has 0 aromatic heterocycles. The van der Waals surface area contributed by atoms with Gasteiger partial charge in [-0.3, -0.25) is 4.79 Å². The molecule has 19 heavy (non-hydrogen) atoms. The average molecular weight is 289 g/mol. The number of nitrogens with two attached hydrogens (primary N) is 1. The fourth-order valence-corrected chi connectivity index (χ4v) is 3.86. The predicted octanol–water partition coefficient (Wildman–Crippen LogP) is -0.346. The predicted molar refractivity (Wildman–Crippen MR) is 72.9 cm³/mol. The Morgan fingerprint density at radius 1 is 1.21 bits per heavy atom. The van der Waals surface area contributed by atoms with Crippen LogP contribution in [0, 0.1) is 5.92 Å². The van der Waals surface area contributed by atoms with E-state index in [9.17, 15) is 13.2 Å². The third-order valence-corrected chi connectivity index (χ3v) is 4.77. The third kappa shape index (κ3) is 4.15. The normalized spacial score (nSPS) is 29.7. The smallest absolute Gasteiger partial charge is 0.225 e. The van der Waals surface area contributed by atoms with Crippen LogP contribution in [0.5, 0.6) is 0 Å². The molecular formula is C12H23N3O3S. The number of rotatable bonds is 3.